The number of carbonyl (C=O) groups is 2. The van der Waals surface area contributed by atoms with Gasteiger partial charge in [-0.1, -0.05) is 6.07 Å². The number of carbonyl (C=O) groups excluding carboxylic acids is 2. The Balaban J connectivity index is 1.25. The summed E-state index contributed by atoms with van der Waals surface area (Å²) in [6, 6.07) is 11.4. The van der Waals surface area contributed by atoms with E-state index < -0.39 is 23.3 Å². The molecule has 1 N–H and O–H groups in total. The minimum atomic E-state index is -0.594. The highest BCUT2D eigenvalue weighted by atomic mass is 19.3. The Morgan fingerprint density at radius 2 is 1.78 bits per heavy atom. The molecule has 2 aliphatic heterocycles. The molecule has 3 heterocycles. The number of benzene rings is 2. The first-order chi connectivity index (χ1) is 19.7. The van der Waals surface area contributed by atoms with Crippen molar-refractivity contribution < 1.29 is 33.3 Å². The first-order valence-corrected chi connectivity index (χ1v) is 13.6. The van der Waals surface area contributed by atoms with Crippen LogP contribution in [0.25, 0.3) is 0 Å². The van der Waals surface area contributed by atoms with Crippen LogP contribution in [0.15, 0.2) is 46.9 Å². The smallest absolute Gasteiger partial charge is 0.258 e. The summed E-state index contributed by atoms with van der Waals surface area (Å²) in [5.74, 6) is -0.0521. The number of nitrogens with zero attached hydrogens (tertiary/aromatic N) is 4. The van der Waals surface area contributed by atoms with Gasteiger partial charge in [0.1, 0.15) is 29.6 Å². The van der Waals surface area contributed by atoms with Gasteiger partial charge in [-0.05, 0) is 55.4 Å². The van der Waals surface area contributed by atoms with Crippen molar-refractivity contribution in [3.63, 3.8) is 0 Å². The number of furan rings is 1. The molecule has 2 aromatic carbocycles. The molecule has 0 saturated carbocycles. The summed E-state index contributed by atoms with van der Waals surface area (Å²) in [7, 11) is 3.65. The Kier molecular flexibility index (Phi) is 8.46. The normalized spacial score (nSPS) is 15.6. The second-order valence-corrected chi connectivity index (χ2v) is 10.7. The van der Waals surface area contributed by atoms with Crippen LogP contribution in [-0.4, -0.2) is 89.9 Å². The zero-order valence-corrected chi connectivity index (χ0v) is 23.6. The molecule has 1 saturated heterocycles. The second-order valence-electron chi connectivity index (χ2n) is 10.7. The number of halogens is 1. The van der Waals surface area contributed by atoms with Gasteiger partial charge in [0.25, 0.3) is 11.8 Å². The number of likely N-dealkylation sites (N-methyl/N-ethyl adjacent to an activating group) is 1. The van der Waals surface area contributed by atoms with E-state index in [9.17, 15) is 19.2 Å². The zero-order valence-electron chi connectivity index (χ0n) is 23.6. The molecule has 0 unspecified atom stereocenters. The molecule has 2 aliphatic rings. The highest BCUT2D eigenvalue weighted by Gasteiger charge is 2.29. The molecule has 218 valence electrons. The molecular formula is C30H35FN4O6. The summed E-state index contributed by atoms with van der Waals surface area (Å²) < 4.78 is 24.9. The Morgan fingerprint density at radius 1 is 1.02 bits per heavy atom. The van der Waals surface area contributed by atoms with Crippen molar-refractivity contribution in [1.82, 2.24) is 19.6 Å². The molecule has 0 spiro atoms. The van der Waals surface area contributed by atoms with E-state index >= 15 is 0 Å². The minimum absolute atomic E-state index is 0.118. The van der Waals surface area contributed by atoms with Gasteiger partial charge in [0, 0.05) is 63.5 Å². The van der Waals surface area contributed by atoms with Gasteiger partial charge < -0.3 is 29.0 Å². The highest BCUT2D eigenvalue weighted by molar-refractivity contribution is 6.03. The fourth-order valence-electron chi connectivity index (χ4n) is 5.19. The van der Waals surface area contributed by atoms with Gasteiger partial charge in [0.2, 0.25) is 0 Å². The Bertz CT molecular complexity index is 1420. The van der Waals surface area contributed by atoms with E-state index in [0.29, 0.717) is 31.2 Å². The fourth-order valence-corrected chi connectivity index (χ4v) is 5.19. The summed E-state index contributed by atoms with van der Waals surface area (Å²) in [4.78, 5) is 38.1. The van der Waals surface area contributed by atoms with E-state index in [2.05, 4.69) is 21.8 Å². The zero-order chi connectivity index (χ0) is 29.1. The first kappa shape index (κ1) is 28.4. The largest absolute Gasteiger partial charge is 0.507 e. The van der Waals surface area contributed by atoms with Crippen LogP contribution in [0, 0.1) is 6.92 Å². The highest BCUT2D eigenvalue weighted by Crippen LogP contribution is 2.34. The number of fused-ring (bicyclic) bond motifs is 1. The maximum absolute atomic E-state index is 13.5. The third-order valence-electron chi connectivity index (χ3n) is 7.64. The van der Waals surface area contributed by atoms with Crippen molar-refractivity contribution in [3.8, 4) is 17.2 Å². The van der Waals surface area contributed by atoms with Gasteiger partial charge in [0.15, 0.2) is 5.75 Å². The summed E-state index contributed by atoms with van der Waals surface area (Å²) in [6.07, 6.45) is 0. The number of phenolic OH excluding ortho intramolecular Hbond substituents is 1. The summed E-state index contributed by atoms with van der Waals surface area (Å²) >= 11 is 0. The Hall–Kier alpha value is -4.09. The number of phenols is 1. The number of aryl methyl sites for hydroxylation is 1. The van der Waals surface area contributed by atoms with Gasteiger partial charge in [-0.2, -0.15) is 0 Å². The van der Waals surface area contributed by atoms with Gasteiger partial charge in [0.05, 0.1) is 17.7 Å². The molecule has 3 aromatic rings. The minimum Gasteiger partial charge on any atom is -0.507 e. The average molecular weight is 567 g/mol. The third-order valence-corrected chi connectivity index (χ3v) is 7.64. The third kappa shape index (κ3) is 6.47. The van der Waals surface area contributed by atoms with E-state index in [1.165, 1.54) is 18.0 Å². The number of piperazine rings is 1. The first-order valence-electron chi connectivity index (χ1n) is 13.6. The van der Waals surface area contributed by atoms with Crippen LogP contribution in [0.3, 0.4) is 0 Å². The van der Waals surface area contributed by atoms with Crippen LogP contribution in [0.5, 0.6) is 17.2 Å². The van der Waals surface area contributed by atoms with E-state index in [1.54, 1.807) is 24.0 Å². The van der Waals surface area contributed by atoms with Crippen molar-refractivity contribution in [1.29, 1.82) is 0 Å². The van der Waals surface area contributed by atoms with Gasteiger partial charge in [-0.15, -0.1) is 0 Å². The van der Waals surface area contributed by atoms with Crippen LogP contribution < -0.4 is 9.68 Å². The molecule has 0 radical (unpaired) electrons. The number of hydrogen-bond donors (Lipinski definition) is 1. The lowest BCUT2D eigenvalue weighted by molar-refractivity contribution is -0.00778. The predicted molar refractivity (Wildman–Crippen MR) is 149 cm³/mol. The average Bonchev–Trinajstić information content (AvgIpc) is 3.58. The molecule has 41 heavy (non-hydrogen) atoms. The van der Waals surface area contributed by atoms with Crippen LogP contribution >= 0.6 is 0 Å². The molecule has 5 rings (SSSR count). The lowest BCUT2D eigenvalue weighted by Gasteiger charge is -2.32. The van der Waals surface area contributed by atoms with Crippen molar-refractivity contribution in [2.24, 2.45) is 0 Å². The van der Waals surface area contributed by atoms with Crippen molar-refractivity contribution in [3.05, 3.63) is 76.2 Å². The van der Waals surface area contributed by atoms with Crippen LogP contribution in [0.1, 0.15) is 43.4 Å². The quantitative estimate of drug-likeness (QED) is 0.420. The second kappa shape index (κ2) is 12.2. The molecule has 0 atom stereocenters. The number of aromatic hydroxyl groups is 1. The van der Waals surface area contributed by atoms with Gasteiger partial charge >= 0.3 is 0 Å². The molecular weight excluding hydrogens is 531 g/mol. The predicted octanol–water partition coefficient (Wildman–Crippen LogP) is 3.61. The molecule has 2 amide bonds. The fraction of sp³-hybridized carbons (Fsp3) is 0.400. The topological polar surface area (TPSA) is 98.9 Å². The van der Waals surface area contributed by atoms with Gasteiger partial charge in [-0.3, -0.25) is 19.4 Å². The number of rotatable bonds is 9. The van der Waals surface area contributed by atoms with E-state index in [4.69, 9.17) is 9.15 Å². The maximum Gasteiger partial charge on any atom is 0.258 e. The maximum atomic E-state index is 13.5. The molecule has 0 aliphatic carbocycles. The van der Waals surface area contributed by atoms with Crippen LogP contribution in [-0.2, 0) is 19.6 Å². The SMILES string of the molecule is Cc1ccc(CN(C)C(=O)c2cc(C(=O)N3Cc4ccc(OCCN5CCN(C)CC5)cc4C3)c(O)cc2OF)o1. The Labute approximate surface area is 238 Å². The summed E-state index contributed by atoms with van der Waals surface area (Å²) in [5, 5.41) is 10.6. The lowest BCUT2D eigenvalue weighted by atomic mass is 10.1. The number of hydrogen-bond acceptors (Lipinski definition) is 8. The Morgan fingerprint density at radius 3 is 2.49 bits per heavy atom. The molecule has 0 bridgehead atoms. The lowest BCUT2D eigenvalue weighted by Crippen LogP contribution is -2.45. The van der Waals surface area contributed by atoms with Gasteiger partial charge in [-0.25, -0.2) is 0 Å². The van der Waals surface area contributed by atoms with Crippen molar-refractivity contribution in [2.75, 3.05) is 53.4 Å². The molecule has 1 fully saturated rings. The number of ether oxygens (including phenoxy) is 1. The summed E-state index contributed by atoms with van der Waals surface area (Å²) in [6.45, 7) is 8.15. The monoisotopic (exact) mass is 566 g/mol. The molecule has 10 nitrogen and oxygen atoms in total. The van der Waals surface area contributed by atoms with E-state index in [1.807, 2.05) is 18.2 Å². The van der Waals surface area contributed by atoms with Crippen molar-refractivity contribution in [2.45, 2.75) is 26.6 Å². The molecule has 1 aromatic heterocycles. The van der Waals surface area contributed by atoms with E-state index in [-0.39, 0.29) is 17.7 Å². The van der Waals surface area contributed by atoms with Crippen molar-refractivity contribution >= 4 is 11.8 Å². The van der Waals surface area contributed by atoms with Crippen LogP contribution in [0.2, 0.25) is 0 Å². The summed E-state index contributed by atoms with van der Waals surface area (Å²) in [5.41, 5.74) is 1.61. The number of amides is 2. The van der Waals surface area contributed by atoms with Crippen LogP contribution in [0.4, 0.5) is 4.53 Å². The van der Waals surface area contributed by atoms with E-state index in [0.717, 1.165) is 55.7 Å². The standard InChI is InChI=1S/C30H35FN4O6/c1-20-4-6-24(40-20)19-33(3)29(37)26-15-25(27(36)16-28(26)41-31)30(38)35-17-21-5-7-23(14-22(21)18-35)39-13-12-34-10-8-32(2)9-11-34/h4-7,14-16,36H,8-13,17-19H2,1-3H3. The molecule has 11 heteroatoms.